The van der Waals surface area contributed by atoms with E-state index in [4.69, 9.17) is 9.47 Å². The molecular weight excluding hydrogens is 761 g/mol. The van der Waals surface area contributed by atoms with Crippen LogP contribution < -0.4 is 5.32 Å². The molecule has 1 aromatic heterocycles. The number of amides is 1. The highest BCUT2D eigenvalue weighted by Crippen LogP contribution is 2.69. The van der Waals surface area contributed by atoms with Gasteiger partial charge in [0.05, 0.1) is 17.9 Å². The third-order valence-electron chi connectivity index (χ3n) is 14.1. The molecule has 11 nitrogen and oxygen atoms in total. The lowest BCUT2D eigenvalue weighted by Gasteiger charge is -2.62. The number of hydrogen-bond donors (Lipinski definition) is 2. The molecule has 59 heavy (non-hydrogen) atoms. The highest BCUT2D eigenvalue weighted by atomic mass is 19.1. The quantitative estimate of drug-likeness (QED) is 0.214. The Morgan fingerprint density at radius 3 is 2.42 bits per heavy atom. The van der Waals surface area contributed by atoms with Gasteiger partial charge in [0, 0.05) is 40.7 Å². The van der Waals surface area contributed by atoms with Crippen molar-refractivity contribution in [2.75, 3.05) is 26.0 Å². The van der Waals surface area contributed by atoms with Crippen LogP contribution in [-0.4, -0.2) is 83.0 Å². The second-order valence-corrected chi connectivity index (χ2v) is 17.7. The van der Waals surface area contributed by atoms with Crippen LogP contribution in [-0.2, 0) is 40.1 Å². The number of esters is 2. The van der Waals surface area contributed by atoms with Crippen molar-refractivity contribution in [3.05, 3.63) is 95.9 Å². The molecule has 2 aromatic carbocycles. The molecule has 1 heterocycles. The van der Waals surface area contributed by atoms with Gasteiger partial charge in [0.2, 0.25) is 5.91 Å². The smallest absolute Gasteiger partial charge is 0.310 e. The number of aliphatic hydroxyl groups excluding tert-OH is 1. The van der Waals surface area contributed by atoms with Crippen molar-refractivity contribution in [3.8, 4) is 0 Å². The molecule has 4 fully saturated rings. The normalized spacial score (nSPS) is 33.6. The van der Waals surface area contributed by atoms with E-state index >= 15 is 8.78 Å². The van der Waals surface area contributed by atoms with Crippen LogP contribution in [0.1, 0.15) is 63.1 Å². The fourth-order valence-electron chi connectivity index (χ4n) is 10.9. The summed E-state index contributed by atoms with van der Waals surface area (Å²) < 4.78 is 43.9. The van der Waals surface area contributed by atoms with Crippen molar-refractivity contribution in [1.82, 2.24) is 9.88 Å². The zero-order valence-corrected chi connectivity index (χ0v) is 33.5. The summed E-state index contributed by atoms with van der Waals surface area (Å²) in [6.45, 7) is 2.82. The highest BCUT2D eigenvalue weighted by molar-refractivity contribution is 6.01. The minimum atomic E-state index is -2.22. The first-order valence-electron chi connectivity index (χ1n) is 20.3. The van der Waals surface area contributed by atoms with Crippen LogP contribution in [0.3, 0.4) is 0 Å². The van der Waals surface area contributed by atoms with Gasteiger partial charge in [-0.1, -0.05) is 43.3 Å². The number of Topliss-reactive ketones (excluding diaryl/α,β-unsaturated/α-hetero) is 1. The molecule has 2 N–H and O–H groups in total. The Morgan fingerprint density at radius 1 is 0.966 bits per heavy atom. The summed E-state index contributed by atoms with van der Waals surface area (Å²) in [6, 6.07) is 14.1. The summed E-state index contributed by atoms with van der Waals surface area (Å²) in [5.74, 6) is -5.58. The number of ketones is 2. The molecule has 1 amide bonds. The number of anilines is 1. The Hall–Kier alpha value is -5.14. The summed E-state index contributed by atoms with van der Waals surface area (Å²) in [4.78, 5) is 70.9. The molecule has 5 aliphatic rings. The fraction of sp³-hybridized carbons (Fsp3) is 0.478. The minimum Gasteiger partial charge on any atom is -0.461 e. The highest BCUT2D eigenvalue weighted by Gasteiger charge is 2.72. The monoisotopic (exact) mass is 809 g/mol. The first kappa shape index (κ1) is 40.6. The topological polar surface area (TPSA) is 152 Å². The van der Waals surface area contributed by atoms with Gasteiger partial charge in [-0.2, -0.15) is 0 Å². The number of benzene rings is 2. The number of aliphatic hydroxyl groups is 1. The van der Waals surface area contributed by atoms with Crippen LogP contribution in [0, 0.1) is 40.4 Å². The number of hydrogen-bond acceptors (Lipinski definition) is 10. The van der Waals surface area contributed by atoms with Gasteiger partial charge in [-0.05, 0) is 117 Å². The van der Waals surface area contributed by atoms with Crippen LogP contribution in [0.2, 0.25) is 0 Å². The van der Waals surface area contributed by atoms with Gasteiger partial charge in [-0.15, -0.1) is 0 Å². The Labute approximate surface area is 341 Å². The van der Waals surface area contributed by atoms with Crippen LogP contribution in [0.25, 0.3) is 10.8 Å². The number of halogens is 2. The van der Waals surface area contributed by atoms with Crippen molar-refractivity contribution >= 4 is 45.9 Å². The van der Waals surface area contributed by atoms with E-state index in [9.17, 15) is 29.1 Å². The molecule has 0 aliphatic heterocycles. The maximum absolute atomic E-state index is 17.3. The molecule has 3 unspecified atom stereocenters. The molecule has 8 rings (SSSR count). The Bertz CT molecular complexity index is 2280. The number of pyridine rings is 1. The molecule has 0 radical (unpaired) electrons. The van der Waals surface area contributed by atoms with Crippen molar-refractivity contribution in [3.63, 3.8) is 0 Å². The van der Waals surface area contributed by atoms with E-state index in [1.54, 1.807) is 48.5 Å². The molecule has 13 heteroatoms. The number of allylic oxidation sites excluding steroid dienone is 4. The zero-order chi connectivity index (χ0) is 42.0. The number of rotatable bonds is 11. The molecule has 3 aromatic rings. The van der Waals surface area contributed by atoms with Gasteiger partial charge >= 0.3 is 11.9 Å². The van der Waals surface area contributed by atoms with Crippen molar-refractivity contribution in [1.29, 1.82) is 0 Å². The van der Waals surface area contributed by atoms with E-state index in [0.29, 0.717) is 24.1 Å². The molecule has 11 atom stereocenters. The average Bonchev–Trinajstić information content (AvgIpc) is 3.94. The molecule has 5 aliphatic carbocycles. The number of ether oxygens (including phenoxy) is 2. The van der Waals surface area contributed by atoms with Gasteiger partial charge < -0.3 is 19.9 Å². The Balaban J connectivity index is 0.822. The fourth-order valence-corrected chi connectivity index (χ4v) is 10.9. The molecule has 0 saturated heterocycles. The SMILES string of the molecule is CN(C)C(C(=O)Nc1ccc2cnccc2c1)c1ccc(COC(=O)C2CC2C(=O)OCC(=O)[C@H]2CC[C@H]3[C@@H]4C[C@H](F)C5=CC(=O)C=C[C@]5(C)[C@@]4(F)[C@@H](O)C[C@]23C)cc1. The molecule has 0 spiro atoms. The van der Waals surface area contributed by atoms with Crippen LogP contribution in [0.5, 0.6) is 0 Å². The van der Waals surface area contributed by atoms with Crippen LogP contribution >= 0.6 is 0 Å². The Morgan fingerprint density at radius 2 is 1.69 bits per heavy atom. The Kier molecular flexibility index (Phi) is 10.4. The first-order valence-corrected chi connectivity index (χ1v) is 20.3. The second kappa shape index (κ2) is 15.2. The summed E-state index contributed by atoms with van der Waals surface area (Å²) >= 11 is 0. The van der Waals surface area contributed by atoms with E-state index in [2.05, 4.69) is 10.3 Å². The number of fused-ring (bicyclic) bond motifs is 6. The van der Waals surface area contributed by atoms with Crippen LogP contribution in [0.15, 0.2) is 84.7 Å². The standard InChI is InChI=1S/C46H49F2N3O8/c1-44-21-39(54)46(48)35(20-37(47)36-18-30(52)13-15-45(36,46)2)33(44)11-12-34(44)38(53)24-59-43(57)32-19-31(32)42(56)58-23-25-5-7-26(8-6-25)40(51(3)4)41(55)50-29-10-9-28-22-49-16-14-27(28)17-29/h5-10,13-18,22,31-35,37,39-40,54H,11-12,19-21,23-24H2,1-4H3,(H,50,55)/t31?,32?,33-,34+,35-,37-,39-,40?,44-,45-,46-/m0/s1. The van der Waals surface area contributed by atoms with E-state index < -0.39 is 88.7 Å². The van der Waals surface area contributed by atoms with Crippen molar-refractivity contribution in [2.24, 2.45) is 40.4 Å². The predicted molar refractivity (Wildman–Crippen MR) is 213 cm³/mol. The van der Waals surface area contributed by atoms with Gasteiger partial charge in [0.25, 0.3) is 0 Å². The number of likely N-dealkylation sites (N-methyl/N-ethyl adjacent to an activating group) is 1. The van der Waals surface area contributed by atoms with E-state index in [-0.39, 0.29) is 43.1 Å². The summed E-state index contributed by atoms with van der Waals surface area (Å²) in [5.41, 5.74) is -2.42. The van der Waals surface area contributed by atoms with E-state index in [0.717, 1.165) is 22.4 Å². The third-order valence-corrected chi connectivity index (χ3v) is 14.1. The van der Waals surface area contributed by atoms with Gasteiger partial charge in [0.1, 0.15) is 25.4 Å². The lowest BCUT2D eigenvalue weighted by molar-refractivity contribution is -0.202. The van der Waals surface area contributed by atoms with Gasteiger partial charge in [-0.25, -0.2) is 8.78 Å². The van der Waals surface area contributed by atoms with E-state index in [1.165, 1.54) is 12.2 Å². The maximum atomic E-state index is 17.3. The predicted octanol–water partition coefficient (Wildman–Crippen LogP) is 6.20. The number of nitrogens with one attached hydrogen (secondary N) is 1. The minimum absolute atomic E-state index is 0.0358. The number of aromatic nitrogens is 1. The van der Waals surface area contributed by atoms with Gasteiger partial charge in [-0.3, -0.25) is 33.9 Å². The number of carbonyl (C=O) groups excluding carboxylic acids is 5. The van der Waals surface area contributed by atoms with Crippen LogP contribution in [0.4, 0.5) is 14.5 Å². The lowest BCUT2D eigenvalue weighted by atomic mass is 9.45. The molecule has 4 saturated carbocycles. The third kappa shape index (κ3) is 6.99. The number of nitrogens with zero attached hydrogens (tertiary/aromatic N) is 2. The average molecular weight is 810 g/mol. The number of carbonyl (C=O) groups is 5. The molecule has 0 bridgehead atoms. The van der Waals surface area contributed by atoms with Crippen molar-refractivity contribution < 1.29 is 47.3 Å². The zero-order valence-electron chi connectivity index (χ0n) is 33.5. The van der Waals surface area contributed by atoms with Gasteiger partial charge in [0.15, 0.2) is 17.2 Å². The second-order valence-electron chi connectivity index (χ2n) is 17.7. The summed E-state index contributed by atoms with van der Waals surface area (Å²) in [6.07, 6.45) is 4.99. The summed E-state index contributed by atoms with van der Waals surface area (Å²) in [5, 5.41) is 16.4. The lowest BCUT2D eigenvalue weighted by Crippen LogP contribution is -2.68. The molecular formula is C46H49F2N3O8. The van der Waals surface area contributed by atoms with E-state index in [1.807, 2.05) is 45.3 Å². The summed E-state index contributed by atoms with van der Waals surface area (Å²) in [7, 11) is 3.63. The largest absolute Gasteiger partial charge is 0.461 e. The number of alkyl halides is 2. The van der Waals surface area contributed by atoms with Crippen molar-refractivity contribution in [2.45, 2.75) is 76.5 Å². The molecule has 310 valence electrons. The first-order chi connectivity index (χ1) is 28.0. The maximum Gasteiger partial charge on any atom is 0.310 e.